The number of rotatable bonds is 7. The van der Waals surface area contributed by atoms with Crippen molar-refractivity contribution in [1.82, 2.24) is 4.72 Å². The minimum atomic E-state index is -3.46. The van der Waals surface area contributed by atoms with Gasteiger partial charge in [-0.3, -0.25) is 0 Å². The van der Waals surface area contributed by atoms with Crippen LogP contribution in [0.1, 0.15) is 26.7 Å². The number of benzene rings is 1. The summed E-state index contributed by atoms with van der Waals surface area (Å²) in [5, 5.41) is 3.15. The van der Waals surface area contributed by atoms with E-state index in [2.05, 4.69) is 10.0 Å². The van der Waals surface area contributed by atoms with E-state index in [1.165, 1.54) is 7.05 Å². The Balaban J connectivity index is 2.97. The monoisotopic (exact) mass is 285 g/mol. The van der Waals surface area contributed by atoms with Crippen molar-refractivity contribution in [3.05, 3.63) is 24.3 Å². The predicted molar refractivity (Wildman–Crippen MR) is 78.7 cm³/mol. The molecule has 0 atom stereocenters. The van der Waals surface area contributed by atoms with E-state index in [4.69, 9.17) is 5.73 Å². The molecule has 19 heavy (non-hydrogen) atoms. The molecule has 1 rings (SSSR count). The highest BCUT2D eigenvalue weighted by Gasteiger charge is 2.22. The molecule has 0 saturated heterocycles. The Morgan fingerprint density at radius 2 is 1.79 bits per heavy atom. The third-order valence-corrected chi connectivity index (χ3v) is 4.96. The van der Waals surface area contributed by atoms with Crippen LogP contribution in [-0.2, 0) is 10.0 Å². The molecule has 0 heterocycles. The minimum Gasteiger partial charge on any atom is -0.382 e. The number of para-hydroxylation sites is 1. The standard InChI is InChI=1S/C13H23N3O2S/c1-4-13(14,5-2)10-16-11-8-6-7-9-12(11)19(17,18)15-3/h6-9,15-16H,4-5,10,14H2,1-3H3. The van der Waals surface area contributed by atoms with Gasteiger partial charge in [0.2, 0.25) is 10.0 Å². The third kappa shape index (κ3) is 3.92. The molecule has 0 fully saturated rings. The van der Waals surface area contributed by atoms with E-state index in [1.807, 2.05) is 13.8 Å². The van der Waals surface area contributed by atoms with Crippen LogP contribution in [0.25, 0.3) is 0 Å². The first-order chi connectivity index (χ1) is 8.88. The molecule has 0 radical (unpaired) electrons. The fourth-order valence-electron chi connectivity index (χ4n) is 1.73. The summed E-state index contributed by atoms with van der Waals surface area (Å²) in [4.78, 5) is 0.243. The Kier molecular flexibility index (Phi) is 5.34. The summed E-state index contributed by atoms with van der Waals surface area (Å²) in [6.07, 6.45) is 1.66. The second kappa shape index (κ2) is 6.36. The summed E-state index contributed by atoms with van der Waals surface area (Å²) in [7, 11) is -2.06. The van der Waals surface area contributed by atoms with Crippen LogP contribution in [0.2, 0.25) is 0 Å². The van der Waals surface area contributed by atoms with Crippen LogP contribution in [0.5, 0.6) is 0 Å². The quantitative estimate of drug-likeness (QED) is 0.709. The Labute approximate surface area is 115 Å². The van der Waals surface area contributed by atoms with Gasteiger partial charge in [-0.1, -0.05) is 26.0 Å². The van der Waals surface area contributed by atoms with E-state index in [9.17, 15) is 8.42 Å². The second-order valence-corrected chi connectivity index (χ2v) is 6.48. The van der Waals surface area contributed by atoms with Gasteiger partial charge in [-0.25, -0.2) is 13.1 Å². The Morgan fingerprint density at radius 3 is 2.32 bits per heavy atom. The highest BCUT2D eigenvalue weighted by Crippen LogP contribution is 2.22. The lowest BCUT2D eigenvalue weighted by atomic mass is 9.94. The molecule has 0 aromatic heterocycles. The van der Waals surface area contributed by atoms with Crippen molar-refractivity contribution in [2.24, 2.45) is 5.73 Å². The lowest BCUT2D eigenvalue weighted by molar-refractivity contribution is 0.418. The van der Waals surface area contributed by atoms with E-state index in [0.717, 1.165) is 12.8 Å². The fourth-order valence-corrected chi connectivity index (χ4v) is 2.64. The smallest absolute Gasteiger partial charge is 0.242 e. The van der Waals surface area contributed by atoms with Gasteiger partial charge in [-0.15, -0.1) is 0 Å². The zero-order chi connectivity index (χ0) is 14.5. The van der Waals surface area contributed by atoms with Crippen molar-refractivity contribution in [3.8, 4) is 0 Å². The molecule has 0 bridgehead atoms. The summed E-state index contributed by atoms with van der Waals surface area (Å²) in [5.41, 5.74) is 6.46. The summed E-state index contributed by atoms with van der Waals surface area (Å²) >= 11 is 0. The first kappa shape index (κ1) is 15.9. The number of anilines is 1. The van der Waals surface area contributed by atoms with Gasteiger partial charge < -0.3 is 11.1 Å². The molecular formula is C13H23N3O2S. The van der Waals surface area contributed by atoms with Crippen LogP contribution >= 0.6 is 0 Å². The maximum absolute atomic E-state index is 11.9. The van der Waals surface area contributed by atoms with Crippen molar-refractivity contribution in [1.29, 1.82) is 0 Å². The molecule has 6 heteroatoms. The largest absolute Gasteiger partial charge is 0.382 e. The number of sulfonamides is 1. The molecule has 0 aliphatic carbocycles. The molecule has 0 saturated carbocycles. The maximum Gasteiger partial charge on any atom is 0.242 e. The molecule has 1 aromatic carbocycles. The van der Waals surface area contributed by atoms with Crippen molar-refractivity contribution >= 4 is 15.7 Å². The zero-order valence-electron chi connectivity index (χ0n) is 11.7. The van der Waals surface area contributed by atoms with Gasteiger partial charge in [0.1, 0.15) is 4.90 Å². The van der Waals surface area contributed by atoms with Crippen molar-refractivity contribution in [2.75, 3.05) is 18.9 Å². The maximum atomic E-state index is 11.9. The van der Waals surface area contributed by atoms with Crippen molar-refractivity contribution in [3.63, 3.8) is 0 Å². The molecule has 4 N–H and O–H groups in total. The van der Waals surface area contributed by atoms with Gasteiger partial charge >= 0.3 is 0 Å². The number of nitrogens with two attached hydrogens (primary N) is 1. The number of nitrogens with one attached hydrogen (secondary N) is 2. The van der Waals surface area contributed by atoms with Gasteiger partial charge in [-0.05, 0) is 32.0 Å². The zero-order valence-corrected chi connectivity index (χ0v) is 12.5. The molecule has 5 nitrogen and oxygen atoms in total. The van der Waals surface area contributed by atoms with Gasteiger partial charge in [-0.2, -0.15) is 0 Å². The molecule has 108 valence electrons. The number of hydrogen-bond acceptors (Lipinski definition) is 4. The van der Waals surface area contributed by atoms with Gasteiger partial charge in [0.15, 0.2) is 0 Å². The van der Waals surface area contributed by atoms with Crippen molar-refractivity contribution < 1.29 is 8.42 Å². The van der Waals surface area contributed by atoms with Crippen LogP contribution in [0, 0.1) is 0 Å². The molecule has 0 aliphatic heterocycles. The first-order valence-electron chi connectivity index (χ1n) is 6.44. The molecule has 1 aromatic rings. The van der Waals surface area contributed by atoms with E-state index < -0.39 is 10.0 Å². The lowest BCUT2D eigenvalue weighted by Gasteiger charge is -2.27. The van der Waals surface area contributed by atoms with E-state index in [0.29, 0.717) is 12.2 Å². The summed E-state index contributed by atoms with van der Waals surface area (Å²) in [6, 6.07) is 6.82. The average molecular weight is 285 g/mol. The summed E-state index contributed by atoms with van der Waals surface area (Å²) < 4.78 is 26.1. The van der Waals surface area contributed by atoms with E-state index >= 15 is 0 Å². The highest BCUT2D eigenvalue weighted by atomic mass is 32.2. The van der Waals surface area contributed by atoms with Gasteiger partial charge in [0.05, 0.1) is 5.69 Å². The summed E-state index contributed by atoms with van der Waals surface area (Å²) in [6.45, 7) is 4.60. The minimum absolute atomic E-state index is 0.243. The molecule has 0 amide bonds. The SMILES string of the molecule is CCC(N)(CC)CNc1ccccc1S(=O)(=O)NC. The fraction of sp³-hybridized carbons (Fsp3) is 0.538. The highest BCUT2D eigenvalue weighted by molar-refractivity contribution is 7.89. The van der Waals surface area contributed by atoms with Crippen LogP contribution in [-0.4, -0.2) is 27.5 Å². The van der Waals surface area contributed by atoms with Gasteiger partial charge in [0, 0.05) is 12.1 Å². The normalized spacial score (nSPS) is 12.4. The molecule has 0 aliphatic rings. The Bertz CT molecular complexity index is 510. The second-order valence-electron chi connectivity index (χ2n) is 4.63. The molecule has 0 spiro atoms. The van der Waals surface area contributed by atoms with Crippen molar-refractivity contribution in [2.45, 2.75) is 37.1 Å². The predicted octanol–water partition coefficient (Wildman–Crippen LogP) is 1.52. The Morgan fingerprint density at radius 1 is 1.21 bits per heavy atom. The Hall–Kier alpha value is -1.11. The van der Waals surface area contributed by atoms with E-state index in [-0.39, 0.29) is 10.4 Å². The van der Waals surface area contributed by atoms with Crippen LogP contribution < -0.4 is 15.8 Å². The topological polar surface area (TPSA) is 84.2 Å². The molecular weight excluding hydrogens is 262 g/mol. The first-order valence-corrected chi connectivity index (χ1v) is 7.92. The average Bonchev–Trinajstić information content (AvgIpc) is 2.45. The van der Waals surface area contributed by atoms with E-state index in [1.54, 1.807) is 24.3 Å². The van der Waals surface area contributed by atoms with Crippen LogP contribution in [0.4, 0.5) is 5.69 Å². The third-order valence-electron chi connectivity index (χ3n) is 3.48. The summed E-state index contributed by atoms with van der Waals surface area (Å²) in [5.74, 6) is 0. The lowest BCUT2D eigenvalue weighted by Crippen LogP contribution is -2.45. The van der Waals surface area contributed by atoms with Gasteiger partial charge in [0.25, 0.3) is 0 Å². The number of hydrogen-bond donors (Lipinski definition) is 3. The molecule has 0 unspecified atom stereocenters. The van der Waals surface area contributed by atoms with Crippen LogP contribution in [0.3, 0.4) is 0 Å². The van der Waals surface area contributed by atoms with Crippen LogP contribution in [0.15, 0.2) is 29.2 Å².